The van der Waals surface area contributed by atoms with Crippen molar-refractivity contribution in [3.63, 3.8) is 0 Å². The van der Waals surface area contributed by atoms with Crippen LogP contribution in [0.25, 0.3) is 0 Å². The molecule has 0 spiro atoms. The van der Waals surface area contributed by atoms with Crippen molar-refractivity contribution in [3.8, 4) is 5.75 Å². The molecule has 1 aromatic rings. The molecule has 0 aliphatic carbocycles. The Labute approximate surface area is 156 Å². The summed E-state index contributed by atoms with van der Waals surface area (Å²) in [4.78, 5) is 25.5. The maximum atomic E-state index is 13.0. The minimum absolute atomic E-state index is 0.0768. The number of hydrogen-bond acceptors (Lipinski definition) is 3. The predicted octanol–water partition coefficient (Wildman–Crippen LogP) is 3.01. The van der Waals surface area contributed by atoms with Crippen LogP contribution in [0.5, 0.6) is 5.75 Å². The van der Waals surface area contributed by atoms with Crippen molar-refractivity contribution in [2.75, 3.05) is 19.7 Å². The number of alkyl halides is 3. The second-order valence-electron chi connectivity index (χ2n) is 6.52. The molecule has 148 valence electrons. The molecule has 0 saturated carbocycles. The normalized spacial score (nSPS) is 16.5. The molecule has 1 heterocycles. The number of carbonyl (C=O) groups excluding carboxylic acids is 2. The molecule has 1 fully saturated rings. The van der Waals surface area contributed by atoms with Crippen LogP contribution in [0.3, 0.4) is 0 Å². The molecule has 1 saturated heterocycles. The summed E-state index contributed by atoms with van der Waals surface area (Å²) in [5.41, 5.74) is -0.845. The predicted molar refractivity (Wildman–Crippen MR) is 94.0 cm³/mol. The third kappa shape index (κ3) is 5.74. The Morgan fingerprint density at radius 1 is 1.33 bits per heavy atom. The molecule has 1 aliphatic rings. The zero-order chi connectivity index (χ0) is 20.0. The van der Waals surface area contributed by atoms with Crippen molar-refractivity contribution in [1.29, 1.82) is 0 Å². The van der Waals surface area contributed by atoms with E-state index in [1.807, 2.05) is 0 Å². The van der Waals surface area contributed by atoms with Crippen molar-refractivity contribution in [2.45, 2.75) is 32.0 Å². The lowest BCUT2D eigenvalue weighted by atomic mass is 9.95. The summed E-state index contributed by atoms with van der Waals surface area (Å²) in [6.45, 7) is 5.99. The Balaban J connectivity index is 1.83. The van der Waals surface area contributed by atoms with Crippen LogP contribution in [-0.2, 0) is 15.8 Å². The number of rotatable bonds is 6. The largest absolute Gasteiger partial charge is 0.491 e. The third-order valence-electron chi connectivity index (χ3n) is 4.42. The summed E-state index contributed by atoms with van der Waals surface area (Å²) in [7, 11) is 0. The molecule has 2 rings (SSSR count). The topological polar surface area (TPSA) is 58.6 Å². The molecule has 27 heavy (non-hydrogen) atoms. The highest BCUT2D eigenvalue weighted by Gasteiger charge is 2.34. The number of nitrogens with one attached hydrogen (secondary N) is 1. The molecular formula is C19H23F3N2O3. The summed E-state index contributed by atoms with van der Waals surface area (Å²) in [5, 5.41) is 2.77. The van der Waals surface area contributed by atoms with Gasteiger partial charge in [0.15, 0.2) is 0 Å². The van der Waals surface area contributed by atoms with Crippen molar-refractivity contribution in [2.24, 2.45) is 5.92 Å². The first-order valence-electron chi connectivity index (χ1n) is 8.73. The number of hydrogen-bond donors (Lipinski definition) is 1. The zero-order valence-electron chi connectivity index (χ0n) is 15.1. The molecule has 1 unspecified atom stereocenters. The Bertz CT molecular complexity index is 683. The fraction of sp³-hybridized carbons (Fsp3) is 0.474. The zero-order valence-corrected chi connectivity index (χ0v) is 15.1. The Morgan fingerprint density at radius 3 is 2.56 bits per heavy atom. The molecule has 2 amide bonds. The third-order valence-corrected chi connectivity index (χ3v) is 4.42. The van der Waals surface area contributed by atoms with Gasteiger partial charge in [-0.15, -0.1) is 0 Å². The highest BCUT2D eigenvalue weighted by molar-refractivity contribution is 5.87. The number of nitrogens with zero attached hydrogens (tertiary/aromatic N) is 1. The first kappa shape index (κ1) is 20.8. The van der Waals surface area contributed by atoms with E-state index >= 15 is 0 Å². The van der Waals surface area contributed by atoms with Crippen molar-refractivity contribution >= 4 is 11.8 Å². The van der Waals surface area contributed by atoms with Gasteiger partial charge < -0.3 is 15.0 Å². The number of halogens is 3. The van der Waals surface area contributed by atoms with E-state index < -0.39 is 17.8 Å². The van der Waals surface area contributed by atoms with Gasteiger partial charge in [-0.3, -0.25) is 9.59 Å². The Morgan fingerprint density at radius 2 is 1.96 bits per heavy atom. The van der Waals surface area contributed by atoms with E-state index in [4.69, 9.17) is 4.74 Å². The second kappa shape index (κ2) is 8.92. The first-order valence-corrected chi connectivity index (χ1v) is 8.73. The molecule has 0 radical (unpaired) electrons. The summed E-state index contributed by atoms with van der Waals surface area (Å²) >= 11 is 0. The van der Waals surface area contributed by atoms with Gasteiger partial charge in [0.2, 0.25) is 11.8 Å². The first-order chi connectivity index (χ1) is 12.7. The number of likely N-dealkylation sites (tertiary alicyclic amines) is 1. The average molecular weight is 384 g/mol. The lowest BCUT2D eigenvalue weighted by Crippen LogP contribution is -2.45. The molecule has 1 aromatic carbocycles. The average Bonchev–Trinajstić information content (AvgIpc) is 2.65. The number of carbonyl (C=O) groups is 2. The molecular weight excluding hydrogens is 361 g/mol. The van der Waals surface area contributed by atoms with Gasteiger partial charge in [-0.25, -0.2) is 0 Å². The van der Waals surface area contributed by atoms with Crippen molar-refractivity contribution in [3.05, 3.63) is 42.5 Å². The Kier molecular flexibility index (Phi) is 6.87. The highest BCUT2D eigenvalue weighted by atomic mass is 19.4. The number of piperidine rings is 1. The smallest absolute Gasteiger partial charge is 0.419 e. The fourth-order valence-electron chi connectivity index (χ4n) is 2.94. The van der Waals surface area contributed by atoms with Gasteiger partial charge in [0.25, 0.3) is 0 Å². The van der Waals surface area contributed by atoms with Crippen LogP contribution in [0, 0.1) is 5.92 Å². The van der Waals surface area contributed by atoms with E-state index in [1.165, 1.54) is 24.3 Å². The van der Waals surface area contributed by atoms with Crippen LogP contribution >= 0.6 is 0 Å². The molecule has 5 nitrogen and oxygen atoms in total. The minimum Gasteiger partial charge on any atom is -0.491 e. The maximum Gasteiger partial charge on any atom is 0.419 e. The maximum absolute atomic E-state index is 13.0. The Hall–Kier alpha value is -2.51. The number of para-hydroxylation sites is 1. The molecule has 8 heteroatoms. The van der Waals surface area contributed by atoms with Gasteiger partial charge >= 0.3 is 6.18 Å². The summed E-state index contributed by atoms with van der Waals surface area (Å²) in [5.74, 6) is -0.828. The van der Waals surface area contributed by atoms with Gasteiger partial charge in [0.1, 0.15) is 12.4 Å². The number of amides is 2. The van der Waals surface area contributed by atoms with E-state index in [9.17, 15) is 22.8 Å². The summed E-state index contributed by atoms with van der Waals surface area (Å²) in [6, 6.07) is 4.52. The number of ether oxygens (including phenoxy) is 1. The standard InChI is InChI=1S/C19H23F3N2O3/c1-3-17(25)24-10-8-14(9-11-24)18(26)23-13(2)12-27-16-7-5-4-6-15(16)19(20,21)22/h3-7,13-14H,1,8-12H2,2H3,(H,23,26). The molecule has 1 atom stereocenters. The van der Waals surface area contributed by atoms with E-state index in [0.29, 0.717) is 25.9 Å². The monoisotopic (exact) mass is 384 g/mol. The fourth-order valence-corrected chi connectivity index (χ4v) is 2.94. The van der Waals surface area contributed by atoms with Crippen LogP contribution in [0.15, 0.2) is 36.9 Å². The second-order valence-corrected chi connectivity index (χ2v) is 6.52. The van der Waals surface area contributed by atoms with E-state index in [1.54, 1.807) is 11.8 Å². The van der Waals surface area contributed by atoms with E-state index in [2.05, 4.69) is 11.9 Å². The van der Waals surface area contributed by atoms with Crippen LogP contribution < -0.4 is 10.1 Å². The van der Waals surface area contributed by atoms with Crippen LogP contribution in [-0.4, -0.2) is 42.5 Å². The van der Waals surface area contributed by atoms with E-state index in [0.717, 1.165) is 6.07 Å². The molecule has 1 N–H and O–H groups in total. The SMILES string of the molecule is C=CC(=O)N1CCC(C(=O)NC(C)COc2ccccc2C(F)(F)F)CC1. The van der Waals surface area contributed by atoms with Crippen molar-refractivity contribution < 1.29 is 27.5 Å². The highest BCUT2D eigenvalue weighted by Crippen LogP contribution is 2.35. The van der Waals surface area contributed by atoms with Crippen LogP contribution in [0.2, 0.25) is 0 Å². The number of benzene rings is 1. The van der Waals surface area contributed by atoms with Gasteiger partial charge in [-0.2, -0.15) is 13.2 Å². The molecule has 0 aromatic heterocycles. The molecule has 0 bridgehead atoms. The van der Waals surface area contributed by atoms with E-state index in [-0.39, 0.29) is 30.1 Å². The lowest BCUT2D eigenvalue weighted by molar-refractivity contribution is -0.139. The quantitative estimate of drug-likeness (QED) is 0.767. The lowest BCUT2D eigenvalue weighted by Gasteiger charge is -2.31. The van der Waals surface area contributed by atoms with Gasteiger partial charge in [-0.1, -0.05) is 18.7 Å². The van der Waals surface area contributed by atoms with Crippen LogP contribution in [0.4, 0.5) is 13.2 Å². The summed E-state index contributed by atoms with van der Waals surface area (Å²) < 4.78 is 44.1. The van der Waals surface area contributed by atoms with Crippen LogP contribution in [0.1, 0.15) is 25.3 Å². The molecule has 1 aliphatic heterocycles. The summed E-state index contributed by atoms with van der Waals surface area (Å²) in [6.07, 6.45) is -2.18. The van der Waals surface area contributed by atoms with Crippen molar-refractivity contribution in [1.82, 2.24) is 10.2 Å². The van der Waals surface area contributed by atoms with Gasteiger partial charge in [0.05, 0.1) is 11.6 Å². The van der Waals surface area contributed by atoms with Gasteiger partial charge in [0, 0.05) is 19.0 Å². The minimum atomic E-state index is -4.50. The van der Waals surface area contributed by atoms with Gasteiger partial charge in [-0.05, 0) is 38.0 Å².